The third-order valence-corrected chi connectivity index (χ3v) is 2.65. The predicted molar refractivity (Wildman–Crippen MR) is 68.8 cm³/mol. The van der Waals surface area contributed by atoms with E-state index in [1.165, 1.54) is 0 Å². The van der Waals surface area contributed by atoms with Crippen molar-refractivity contribution in [3.8, 4) is 0 Å². The Morgan fingerprint density at radius 1 is 1.26 bits per heavy atom. The molecule has 0 bridgehead atoms. The van der Waals surface area contributed by atoms with Crippen LogP contribution in [0.1, 0.15) is 20.8 Å². The number of benzene rings is 1. The van der Waals surface area contributed by atoms with E-state index in [0.29, 0.717) is 0 Å². The summed E-state index contributed by atoms with van der Waals surface area (Å²) < 4.78 is 25.9. The maximum Gasteiger partial charge on any atom is 0.319 e. The molecule has 0 fully saturated rings. The number of anilines is 1. The van der Waals surface area contributed by atoms with Gasteiger partial charge in [-0.2, -0.15) is 0 Å². The number of rotatable bonds is 3. The highest BCUT2D eigenvalue weighted by molar-refractivity contribution is 5.89. The van der Waals surface area contributed by atoms with Gasteiger partial charge in [0, 0.05) is 11.8 Å². The zero-order chi connectivity index (χ0) is 14.6. The van der Waals surface area contributed by atoms with E-state index in [9.17, 15) is 18.7 Å². The third kappa shape index (κ3) is 4.82. The van der Waals surface area contributed by atoms with Crippen LogP contribution in [0.25, 0.3) is 0 Å². The Labute approximate surface area is 110 Å². The minimum atomic E-state index is -0.773. The van der Waals surface area contributed by atoms with Crippen LogP contribution in [-0.4, -0.2) is 23.8 Å². The number of urea groups is 1. The quantitative estimate of drug-likeness (QED) is 0.791. The fourth-order valence-corrected chi connectivity index (χ4v) is 1.49. The first kappa shape index (κ1) is 15.4. The second-order valence-corrected chi connectivity index (χ2v) is 5.36. The van der Waals surface area contributed by atoms with Crippen LogP contribution in [0.2, 0.25) is 0 Å². The van der Waals surface area contributed by atoms with E-state index in [4.69, 9.17) is 0 Å². The van der Waals surface area contributed by atoms with Crippen LogP contribution in [0.15, 0.2) is 18.2 Å². The maximum atomic E-state index is 12.9. The normalized spacial score (nSPS) is 12.9. The first-order valence-electron chi connectivity index (χ1n) is 5.87. The van der Waals surface area contributed by atoms with Crippen molar-refractivity contribution in [3.05, 3.63) is 29.8 Å². The van der Waals surface area contributed by atoms with E-state index in [-0.39, 0.29) is 17.7 Å². The lowest BCUT2D eigenvalue weighted by Crippen LogP contribution is -2.47. The van der Waals surface area contributed by atoms with Crippen molar-refractivity contribution < 1.29 is 18.7 Å². The topological polar surface area (TPSA) is 61.4 Å². The molecule has 1 aromatic rings. The van der Waals surface area contributed by atoms with Crippen molar-refractivity contribution in [2.24, 2.45) is 5.41 Å². The van der Waals surface area contributed by atoms with Gasteiger partial charge in [-0.1, -0.05) is 20.8 Å². The molecule has 6 heteroatoms. The van der Waals surface area contributed by atoms with Gasteiger partial charge in [-0.3, -0.25) is 0 Å². The van der Waals surface area contributed by atoms with Gasteiger partial charge in [0.1, 0.15) is 11.6 Å². The lowest BCUT2D eigenvalue weighted by Gasteiger charge is -2.29. The van der Waals surface area contributed by atoms with E-state index in [1.807, 2.05) is 20.8 Å². The van der Waals surface area contributed by atoms with Gasteiger partial charge in [0.2, 0.25) is 0 Å². The van der Waals surface area contributed by atoms with Crippen molar-refractivity contribution in [3.63, 3.8) is 0 Å². The number of amides is 2. The molecule has 0 saturated carbocycles. The van der Waals surface area contributed by atoms with Crippen molar-refractivity contribution >= 4 is 11.7 Å². The minimum absolute atomic E-state index is 0.0144. The molecule has 0 aliphatic heterocycles. The lowest BCUT2D eigenvalue weighted by atomic mass is 9.87. The van der Waals surface area contributed by atoms with Crippen molar-refractivity contribution in [2.45, 2.75) is 26.8 Å². The zero-order valence-electron chi connectivity index (χ0n) is 11.1. The number of aliphatic hydroxyl groups excluding tert-OH is 1. The fraction of sp³-hybridized carbons (Fsp3) is 0.462. The van der Waals surface area contributed by atoms with Crippen LogP contribution in [0.4, 0.5) is 19.3 Å². The Morgan fingerprint density at radius 2 is 1.79 bits per heavy atom. The number of halogens is 2. The minimum Gasteiger partial charge on any atom is -0.394 e. The van der Waals surface area contributed by atoms with Crippen LogP contribution in [0.5, 0.6) is 0 Å². The smallest absolute Gasteiger partial charge is 0.319 e. The summed E-state index contributed by atoms with van der Waals surface area (Å²) >= 11 is 0. The van der Waals surface area contributed by atoms with Gasteiger partial charge >= 0.3 is 6.03 Å². The van der Waals surface area contributed by atoms with E-state index < -0.39 is 23.7 Å². The van der Waals surface area contributed by atoms with E-state index in [0.717, 1.165) is 18.2 Å². The van der Waals surface area contributed by atoms with Crippen LogP contribution in [0, 0.1) is 17.0 Å². The zero-order valence-corrected chi connectivity index (χ0v) is 11.1. The SMILES string of the molecule is CC(C)(C)[C@@H](CO)NC(=O)Nc1cc(F)cc(F)c1. The molecule has 0 aliphatic carbocycles. The summed E-state index contributed by atoms with van der Waals surface area (Å²) in [6, 6.07) is 1.64. The van der Waals surface area contributed by atoms with Crippen LogP contribution >= 0.6 is 0 Å². The van der Waals surface area contributed by atoms with Gasteiger partial charge < -0.3 is 15.7 Å². The molecular weight excluding hydrogens is 254 g/mol. The van der Waals surface area contributed by atoms with Gasteiger partial charge in [0.25, 0.3) is 0 Å². The van der Waals surface area contributed by atoms with E-state index in [1.54, 1.807) is 0 Å². The summed E-state index contributed by atoms with van der Waals surface area (Å²) in [6.45, 7) is 5.34. The van der Waals surface area contributed by atoms with Gasteiger partial charge in [-0.05, 0) is 17.5 Å². The molecule has 19 heavy (non-hydrogen) atoms. The summed E-state index contributed by atoms with van der Waals surface area (Å²) in [7, 11) is 0. The largest absolute Gasteiger partial charge is 0.394 e. The molecule has 0 aliphatic rings. The molecule has 0 aromatic heterocycles. The van der Waals surface area contributed by atoms with E-state index in [2.05, 4.69) is 10.6 Å². The number of hydrogen-bond donors (Lipinski definition) is 3. The Kier molecular flexibility index (Phi) is 4.83. The number of carbonyl (C=O) groups excluding carboxylic acids is 1. The third-order valence-electron chi connectivity index (χ3n) is 2.65. The molecule has 0 saturated heterocycles. The molecular formula is C13H18F2N2O2. The van der Waals surface area contributed by atoms with Gasteiger partial charge in [0.15, 0.2) is 0 Å². The second-order valence-electron chi connectivity index (χ2n) is 5.36. The van der Waals surface area contributed by atoms with Crippen LogP contribution < -0.4 is 10.6 Å². The summed E-state index contributed by atoms with van der Waals surface area (Å²) in [5.41, 5.74) is -0.320. The molecule has 0 heterocycles. The second kappa shape index (κ2) is 5.97. The first-order chi connectivity index (χ1) is 8.72. The lowest BCUT2D eigenvalue weighted by molar-refractivity contribution is 0.162. The number of hydrogen-bond acceptors (Lipinski definition) is 2. The Bertz CT molecular complexity index is 438. The monoisotopic (exact) mass is 272 g/mol. The summed E-state index contributed by atoms with van der Waals surface area (Å²) in [6.07, 6.45) is 0. The molecule has 0 radical (unpaired) electrons. The van der Waals surface area contributed by atoms with E-state index >= 15 is 0 Å². The van der Waals surface area contributed by atoms with Crippen LogP contribution in [0.3, 0.4) is 0 Å². The number of nitrogens with one attached hydrogen (secondary N) is 2. The van der Waals surface area contributed by atoms with Gasteiger partial charge in [0.05, 0.1) is 12.6 Å². The molecule has 1 aromatic carbocycles. The average molecular weight is 272 g/mol. The highest BCUT2D eigenvalue weighted by Gasteiger charge is 2.25. The van der Waals surface area contributed by atoms with Crippen LogP contribution in [-0.2, 0) is 0 Å². The predicted octanol–water partition coefficient (Wildman–Crippen LogP) is 2.49. The number of aliphatic hydroxyl groups is 1. The van der Waals surface area contributed by atoms with Crippen molar-refractivity contribution in [1.29, 1.82) is 0 Å². The van der Waals surface area contributed by atoms with Gasteiger partial charge in [-0.25, -0.2) is 13.6 Å². The molecule has 0 unspecified atom stereocenters. The first-order valence-corrected chi connectivity index (χ1v) is 5.87. The molecule has 4 nitrogen and oxygen atoms in total. The molecule has 1 atom stereocenters. The summed E-state index contributed by atoms with van der Waals surface area (Å²) in [5.74, 6) is -1.55. The van der Waals surface area contributed by atoms with Crippen molar-refractivity contribution in [1.82, 2.24) is 5.32 Å². The fourth-order valence-electron chi connectivity index (χ4n) is 1.49. The number of carbonyl (C=O) groups is 1. The standard InChI is InChI=1S/C13H18F2N2O2/c1-13(2,3)11(7-18)17-12(19)16-10-5-8(14)4-9(15)6-10/h4-6,11,18H,7H2,1-3H3,(H2,16,17,19)/t11-/m1/s1. The molecule has 0 spiro atoms. The highest BCUT2D eigenvalue weighted by atomic mass is 19.1. The highest BCUT2D eigenvalue weighted by Crippen LogP contribution is 2.19. The molecule has 106 valence electrons. The van der Waals surface area contributed by atoms with Crippen molar-refractivity contribution in [2.75, 3.05) is 11.9 Å². The van der Waals surface area contributed by atoms with Gasteiger partial charge in [-0.15, -0.1) is 0 Å². The maximum absolute atomic E-state index is 12.9. The summed E-state index contributed by atoms with van der Waals surface area (Å²) in [5, 5.41) is 14.1. The Hall–Kier alpha value is -1.69. The average Bonchev–Trinajstić information content (AvgIpc) is 2.22. The Balaban J connectivity index is 2.69. The molecule has 2 amide bonds. The molecule has 1 rings (SSSR count). The Morgan fingerprint density at radius 3 is 2.21 bits per heavy atom. The molecule has 3 N–H and O–H groups in total. The summed E-state index contributed by atoms with van der Waals surface area (Å²) in [4.78, 5) is 11.7.